The van der Waals surface area contributed by atoms with E-state index in [-0.39, 0.29) is 5.91 Å². The van der Waals surface area contributed by atoms with Gasteiger partial charge >= 0.3 is 0 Å². The molecule has 1 amide bonds. The van der Waals surface area contributed by atoms with Crippen molar-refractivity contribution in [3.8, 4) is 0 Å². The summed E-state index contributed by atoms with van der Waals surface area (Å²) < 4.78 is 0. The predicted octanol–water partition coefficient (Wildman–Crippen LogP) is 1.71. The van der Waals surface area contributed by atoms with Gasteiger partial charge in [0, 0.05) is 12.6 Å². The highest BCUT2D eigenvalue weighted by Gasteiger charge is 2.15. The van der Waals surface area contributed by atoms with E-state index in [0.29, 0.717) is 12.5 Å². The molecule has 0 unspecified atom stereocenters. The van der Waals surface area contributed by atoms with Gasteiger partial charge in [-0.15, -0.1) is 0 Å². The highest BCUT2D eigenvalue weighted by molar-refractivity contribution is 5.79. The van der Waals surface area contributed by atoms with Crippen LogP contribution < -0.4 is 10.6 Å². The molecule has 0 aromatic heterocycles. The molecule has 0 radical (unpaired) electrons. The number of hydrogen-bond donors (Lipinski definition) is 2. The summed E-state index contributed by atoms with van der Waals surface area (Å²) in [5.41, 5.74) is 3.54. The second-order valence-electron chi connectivity index (χ2n) is 5.22. The molecule has 1 saturated heterocycles. The number of aryl methyl sites for hydroxylation is 2. The molecular weight excluding hydrogens is 224 g/mol. The molecule has 0 spiro atoms. The number of nitrogens with one attached hydrogen (secondary N) is 2. The fourth-order valence-electron chi connectivity index (χ4n) is 2.42. The molecule has 0 bridgehead atoms. The van der Waals surface area contributed by atoms with E-state index in [1.165, 1.54) is 11.1 Å². The number of carbonyl (C=O) groups excluding carboxylic acids is 1. The van der Waals surface area contributed by atoms with Crippen LogP contribution in [0.15, 0.2) is 18.2 Å². The van der Waals surface area contributed by atoms with Crippen molar-refractivity contribution in [2.24, 2.45) is 0 Å². The minimum atomic E-state index is 0.136. The van der Waals surface area contributed by atoms with Crippen LogP contribution in [0.1, 0.15) is 29.5 Å². The van der Waals surface area contributed by atoms with Gasteiger partial charge in [0.05, 0.1) is 6.42 Å². The van der Waals surface area contributed by atoms with Crippen LogP contribution in [0.5, 0.6) is 0 Å². The van der Waals surface area contributed by atoms with Crippen LogP contribution in [0.2, 0.25) is 0 Å². The van der Waals surface area contributed by atoms with Crippen molar-refractivity contribution in [1.29, 1.82) is 0 Å². The number of piperidine rings is 1. The van der Waals surface area contributed by atoms with Crippen LogP contribution in [-0.2, 0) is 11.2 Å². The van der Waals surface area contributed by atoms with E-state index in [1.54, 1.807) is 0 Å². The van der Waals surface area contributed by atoms with Crippen LogP contribution in [0, 0.1) is 13.8 Å². The molecular formula is C15H22N2O. The molecule has 2 rings (SSSR count). The minimum Gasteiger partial charge on any atom is -0.352 e. The molecule has 1 aliphatic rings. The Balaban J connectivity index is 1.92. The Bertz CT molecular complexity index is 423. The maximum Gasteiger partial charge on any atom is 0.224 e. The monoisotopic (exact) mass is 246 g/mol. The Labute approximate surface area is 109 Å². The highest BCUT2D eigenvalue weighted by Crippen LogP contribution is 2.11. The second-order valence-corrected chi connectivity index (χ2v) is 5.22. The molecule has 1 atom stereocenters. The Morgan fingerprint density at radius 3 is 3.00 bits per heavy atom. The zero-order valence-corrected chi connectivity index (χ0v) is 11.3. The first-order valence-corrected chi connectivity index (χ1v) is 6.71. The second kappa shape index (κ2) is 6.01. The number of carbonyl (C=O) groups is 1. The van der Waals surface area contributed by atoms with Crippen molar-refractivity contribution >= 4 is 5.91 Å². The lowest BCUT2D eigenvalue weighted by molar-refractivity contribution is -0.121. The summed E-state index contributed by atoms with van der Waals surface area (Å²) in [7, 11) is 0. The molecule has 0 saturated carbocycles. The SMILES string of the molecule is Cc1ccc(C)c(CC(=O)N[C@H]2CCCNC2)c1. The van der Waals surface area contributed by atoms with Gasteiger partial charge < -0.3 is 10.6 Å². The Morgan fingerprint density at radius 2 is 2.28 bits per heavy atom. The summed E-state index contributed by atoms with van der Waals surface area (Å²) in [4.78, 5) is 12.0. The van der Waals surface area contributed by atoms with Crippen molar-refractivity contribution in [1.82, 2.24) is 10.6 Å². The number of amides is 1. The van der Waals surface area contributed by atoms with Gasteiger partial charge in [-0.3, -0.25) is 4.79 Å². The third-order valence-electron chi connectivity index (χ3n) is 3.52. The first kappa shape index (κ1) is 13.1. The average molecular weight is 246 g/mol. The third-order valence-corrected chi connectivity index (χ3v) is 3.52. The van der Waals surface area contributed by atoms with E-state index in [9.17, 15) is 4.79 Å². The van der Waals surface area contributed by atoms with E-state index in [0.717, 1.165) is 31.5 Å². The van der Waals surface area contributed by atoms with E-state index in [4.69, 9.17) is 0 Å². The third kappa shape index (κ3) is 3.57. The predicted molar refractivity (Wildman–Crippen MR) is 73.7 cm³/mol. The highest BCUT2D eigenvalue weighted by atomic mass is 16.1. The van der Waals surface area contributed by atoms with Gasteiger partial charge in [0.2, 0.25) is 5.91 Å². The van der Waals surface area contributed by atoms with Crippen molar-refractivity contribution in [2.75, 3.05) is 13.1 Å². The Kier molecular flexibility index (Phi) is 4.37. The standard InChI is InChI=1S/C15H22N2O/c1-11-5-6-12(2)13(8-11)9-15(18)17-14-4-3-7-16-10-14/h5-6,8,14,16H,3-4,7,9-10H2,1-2H3,(H,17,18)/t14-/m0/s1. The van der Waals surface area contributed by atoms with Crippen LogP contribution in [-0.4, -0.2) is 25.0 Å². The quantitative estimate of drug-likeness (QED) is 0.852. The molecule has 0 aliphatic carbocycles. The van der Waals surface area contributed by atoms with Crippen molar-refractivity contribution in [2.45, 2.75) is 39.2 Å². The van der Waals surface area contributed by atoms with Crippen LogP contribution in [0.4, 0.5) is 0 Å². The molecule has 1 aromatic carbocycles. The lowest BCUT2D eigenvalue weighted by Crippen LogP contribution is -2.46. The summed E-state index contributed by atoms with van der Waals surface area (Å²) in [5.74, 6) is 0.136. The first-order chi connectivity index (χ1) is 8.65. The van der Waals surface area contributed by atoms with Crippen LogP contribution in [0.25, 0.3) is 0 Å². The van der Waals surface area contributed by atoms with E-state index >= 15 is 0 Å². The van der Waals surface area contributed by atoms with Gasteiger partial charge in [0.15, 0.2) is 0 Å². The van der Waals surface area contributed by atoms with Gasteiger partial charge in [-0.2, -0.15) is 0 Å². The topological polar surface area (TPSA) is 41.1 Å². The number of hydrogen-bond acceptors (Lipinski definition) is 2. The van der Waals surface area contributed by atoms with E-state index in [2.05, 4.69) is 42.7 Å². The number of rotatable bonds is 3. The van der Waals surface area contributed by atoms with E-state index < -0.39 is 0 Å². The van der Waals surface area contributed by atoms with Gasteiger partial charge in [0.25, 0.3) is 0 Å². The molecule has 1 fully saturated rings. The Morgan fingerprint density at radius 1 is 1.44 bits per heavy atom. The minimum absolute atomic E-state index is 0.136. The summed E-state index contributed by atoms with van der Waals surface area (Å²) in [6, 6.07) is 6.58. The molecule has 3 nitrogen and oxygen atoms in total. The summed E-state index contributed by atoms with van der Waals surface area (Å²) >= 11 is 0. The summed E-state index contributed by atoms with van der Waals surface area (Å²) in [5, 5.41) is 6.42. The zero-order valence-electron chi connectivity index (χ0n) is 11.3. The van der Waals surface area contributed by atoms with Gasteiger partial charge in [-0.25, -0.2) is 0 Å². The zero-order chi connectivity index (χ0) is 13.0. The Hall–Kier alpha value is -1.35. The first-order valence-electron chi connectivity index (χ1n) is 6.71. The lowest BCUT2D eigenvalue weighted by Gasteiger charge is -2.24. The molecule has 1 aliphatic heterocycles. The van der Waals surface area contributed by atoms with E-state index in [1.807, 2.05) is 0 Å². The van der Waals surface area contributed by atoms with Crippen LogP contribution in [0.3, 0.4) is 0 Å². The molecule has 98 valence electrons. The van der Waals surface area contributed by atoms with Gasteiger partial charge in [-0.05, 0) is 44.4 Å². The van der Waals surface area contributed by atoms with Gasteiger partial charge in [0.1, 0.15) is 0 Å². The smallest absolute Gasteiger partial charge is 0.224 e. The average Bonchev–Trinajstić information content (AvgIpc) is 2.35. The maximum absolute atomic E-state index is 12.0. The van der Waals surface area contributed by atoms with Crippen LogP contribution >= 0.6 is 0 Å². The molecule has 18 heavy (non-hydrogen) atoms. The lowest BCUT2D eigenvalue weighted by atomic mass is 10.0. The van der Waals surface area contributed by atoms with Crippen molar-refractivity contribution < 1.29 is 4.79 Å². The van der Waals surface area contributed by atoms with Crippen molar-refractivity contribution in [3.63, 3.8) is 0 Å². The summed E-state index contributed by atoms with van der Waals surface area (Å²) in [6.07, 6.45) is 2.73. The molecule has 2 N–H and O–H groups in total. The fraction of sp³-hybridized carbons (Fsp3) is 0.533. The molecule has 3 heteroatoms. The molecule has 1 heterocycles. The molecule has 1 aromatic rings. The fourth-order valence-corrected chi connectivity index (χ4v) is 2.42. The normalized spacial score (nSPS) is 19.6. The van der Waals surface area contributed by atoms with Gasteiger partial charge in [-0.1, -0.05) is 23.8 Å². The number of benzene rings is 1. The van der Waals surface area contributed by atoms with Crippen molar-refractivity contribution in [3.05, 3.63) is 34.9 Å². The summed E-state index contributed by atoms with van der Waals surface area (Å²) in [6.45, 7) is 6.10. The maximum atomic E-state index is 12.0. The largest absolute Gasteiger partial charge is 0.352 e.